The van der Waals surface area contributed by atoms with E-state index in [0.717, 1.165) is 16.8 Å². The van der Waals surface area contributed by atoms with Gasteiger partial charge in [-0.2, -0.15) is 0 Å². The monoisotopic (exact) mass is 331 g/mol. The number of methoxy groups -OCH3 is 1. The fraction of sp³-hybridized carbons (Fsp3) is 0.368. The van der Waals surface area contributed by atoms with Crippen LogP contribution in [0, 0.1) is 5.82 Å². The van der Waals surface area contributed by atoms with E-state index in [2.05, 4.69) is 5.32 Å². The van der Waals surface area contributed by atoms with Crippen molar-refractivity contribution in [2.75, 3.05) is 12.4 Å². The third kappa shape index (κ3) is 3.23. The summed E-state index contributed by atoms with van der Waals surface area (Å²) in [5.41, 5.74) is 1.97. The Morgan fingerprint density at radius 3 is 2.58 bits per heavy atom. The van der Waals surface area contributed by atoms with Crippen LogP contribution < -0.4 is 10.1 Å². The quantitative estimate of drug-likeness (QED) is 0.898. The summed E-state index contributed by atoms with van der Waals surface area (Å²) in [7, 11) is 1.58. The van der Waals surface area contributed by atoms with Crippen LogP contribution in [0.5, 0.6) is 5.75 Å². The number of hydrogen-bond acceptors (Lipinski definition) is 4. The van der Waals surface area contributed by atoms with Crippen molar-refractivity contribution in [3.63, 3.8) is 0 Å². The first-order chi connectivity index (χ1) is 11.4. The highest BCUT2D eigenvalue weighted by Crippen LogP contribution is 2.42. The molecule has 2 aromatic carbocycles. The number of halogens is 1. The van der Waals surface area contributed by atoms with Crippen molar-refractivity contribution >= 4 is 5.69 Å². The molecule has 0 bridgehead atoms. The predicted octanol–water partition coefficient (Wildman–Crippen LogP) is 3.66. The summed E-state index contributed by atoms with van der Waals surface area (Å²) >= 11 is 0. The van der Waals surface area contributed by atoms with Gasteiger partial charge in [0.25, 0.3) is 0 Å². The molecule has 5 heteroatoms. The lowest BCUT2D eigenvalue weighted by Gasteiger charge is -2.41. The van der Waals surface area contributed by atoms with Crippen LogP contribution in [0.3, 0.4) is 0 Å². The molecule has 0 amide bonds. The molecule has 24 heavy (non-hydrogen) atoms. The van der Waals surface area contributed by atoms with Crippen LogP contribution in [0.25, 0.3) is 0 Å². The van der Waals surface area contributed by atoms with Gasteiger partial charge in [0, 0.05) is 24.9 Å². The summed E-state index contributed by atoms with van der Waals surface area (Å²) in [6, 6.07) is 12.1. The molecule has 3 rings (SSSR count). The Morgan fingerprint density at radius 1 is 1.21 bits per heavy atom. The zero-order chi connectivity index (χ0) is 17.3. The Labute approximate surface area is 141 Å². The van der Waals surface area contributed by atoms with Crippen LogP contribution >= 0.6 is 0 Å². The highest BCUT2D eigenvalue weighted by atomic mass is 19.1. The van der Waals surface area contributed by atoms with Crippen LogP contribution in [-0.2, 0) is 11.3 Å². The number of hydrogen-bond donors (Lipinski definition) is 2. The van der Waals surface area contributed by atoms with Crippen molar-refractivity contribution in [1.82, 2.24) is 0 Å². The first kappa shape index (κ1) is 16.7. The summed E-state index contributed by atoms with van der Waals surface area (Å²) in [4.78, 5) is 0. The molecule has 2 aromatic rings. The minimum atomic E-state index is -0.762. The Bertz CT molecular complexity index is 715. The van der Waals surface area contributed by atoms with Gasteiger partial charge < -0.3 is 19.9 Å². The van der Waals surface area contributed by atoms with Gasteiger partial charge in [-0.3, -0.25) is 0 Å². The van der Waals surface area contributed by atoms with E-state index in [0.29, 0.717) is 12.3 Å². The Kier molecular flexibility index (Phi) is 4.47. The first-order valence-electron chi connectivity index (χ1n) is 7.93. The van der Waals surface area contributed by atoms with Gasteiger partial charge in [0.15, 0.2) is 0 Å². The zero-order valence-electron chi connectivity index (χ0n) is 14.0. The number of rotatable bonds is 4. The van der Waals surface area contributed by atoms with Gasteiger partial charge in [-0.25, -0.2) is 4.39 Å². The van der Waals surface area contributed by atoms with E-state index < -0.39 is 17.8 Å². The summed E-state index contributed by atoms with van der Waals surface area (Å²) in [5.74, 6) is 0.466. The van der Waals surface area contributed by atoms with E-state index >= 15 is 0 Å². The second-order valence-electron chi connectivity index (χ2n) is 6.54. The lowest BCUT2D eigenvalue weighted by atomic mass is 9.88. The molecule has 1 aliphatic rings. The van der Waals surface area contributed by atoms with Crippen LogP contribution in [0.2, 0.25) is 0 Å². The molecule has 2 atom stereocenters. The lowest BCUT2D eigenvalue weighted by molar-refractivity contribution is -0.124. The highest BCUT2D eigenvalue weighted by molar-refractivity contribution is 5.53. The van der Waals surface area contributed by atoms with Gasteiger partial charge in [0.05, 0.1) is 0 Å². The minimum absolute atomic E-state index is 0.246. The van der Waals surface area contributed by atoms with Crippen molar-refractivity contribution in [3.05, 3.63) is 59.4 Å². The molecule has 0 aliphatic carbocycles. The van der Waals surface area contributed by atoms with Crippen LogP contribution in [0.15, 0.2) is 42.5 Å². The van der Waals surface area contributed by atoms with Gasteiger partial charge in [-0.05, 0) is 49.7 Å². The van der Waals surface area contributed by atoms with Gasteiger partial charge in [-0.1, -0.05) is 12.1 Å². The maximum absolute atomic E-state index is 12.9. The van der Waals surface area contributed by atoms with Gasteiger partial charge in [0.2, 0.25) is 0 Å². The maximum Gasteiger partial charge on any atom is 0.132 e. The third-order valence-electron chi connectivity index (χ3n) is 4.35. The molecule has 4 nitrogen and oxygen atoms in total. The van der Waals surface area contributed by atoms with Crippen LogP contribution in [-0.4, -0.2) is 23.9 Å². The smallest absolute Gasteiger partial charge is 0.132 e. The molecule has 0 unspecified atom stereocenters. The molecule has 0 radical (unpaired) electrons. The van der Waals surface area contributed by atoms with Crippen molar-refractivity contribution in [3.8, 4) is 5.75 Å². The largest absolute Gasteiger partial charge is 0.485 e. The van der Waals surface area contributed by atoms with E-state index in [1.807, 2.05) is 32.0 Å². The standard InChI is InChI=1S/C19H22FNO3/c1-19(2)18(22)17(23-3)15-10-14(8-9-16(15)24-19)21-11-12-4-6-13(20)7-5-12/h4-10,17-18,21-22H,11H2,1-3H3/t17-,18+/m1/s1. The second-order valence-corrected chi connectivity index (χ2v) is 6.54. The molecule has 0 spiro atoms. The van der Waals surface area contributed by atoms with Gasteiger partial charge in [-0.15, -0.1) is 0 Å². The number of aliphatic hydroxyl groups excluding tert-OH is 1. The molecule has 0 fully saturated rings. The molecule has 1 aliphatic heterocycles. The summed E-state index contributed by atoms with van der Waals surface area (Å²) < 4.78 is 24.3. The fourth-order valence-corrected chi connectivity index (χ4v) is 2.91. The molecular formula is C19H22FNO3. The van der Waals surface area contributed by atoms with Gasteiger partial charge in [0.1, 0.15) is 29.4 Å². The number of nitrogens with one attached hydrogen (secondary N) is 1. The summed E-state index contributed by atoms with van der Waals surface area (Å²) in [5, 5.41) is 13.8. The number of anilines is 1. The van der Waals surface area contributed by atoms with Crippen molar-refractivity contribution in [2.45, 2.75) is 38.2 Å². The number of ether oxygens (including phenoxy) is 2. The van der Waals surface area contributed by atoms with E-state index in [9.17, 15) is 9.50 Å². The van der Waals surface area contributed by atoms with E-state index in [-0.39, 0.29) is 5.82 Å². The van der Waals surface area contributed by atoms with Gasteiger partial charge >= 0.3 is 0 Å². The normalized spacial score (nSPS) is 21.7. The maximum atomic E-state index is 12.9. The Morgan fingerprint density at radius 2 is 1.92 bits per heavy atom. The number of fused-ring (bicyclic) bond motifs is 1. The molecule has 2 N–H and O–H groups in total. The van der Waals surface area contributed by atoms with Crippen molar-refractivity contribution in [1.29, 1.82) is 0 Å². The lowest BCUT2D eigenvalue weighted by Crippen LogP contribution is -2.49. The van der Waals surface area contributed by atoms with E-state index in [1.54, 1.807) is 19.2 Å². The molecule has 0 saturated heterocycles. The third-order valence-corrected chi connectivity index (χ3v) is 4.35. The average Bonchev–Trinajstić information content (AvgIpc) is 2.55. The van der Waals surface area contributed by atoms with Crippen molar-refractivity contribution < 1.29 is 19.0 Å². The molecule has 0 aromatic heterocycles. The fourth-order valence-electron chi connectivity index (χ4n) is 2.91. The molecular weight excluding hydrogens is 309 g/mol. The van der Waals surface area contributed by atoms with Crippen LogP contribution in [0.1, 0.15) is 31.1 Å². The Hall–Kier alpha value is -2.11. The van der Waals surface area contributed by atoms with E-state index in [1.165, 1.54) is 12.1 Å². The zero-order valence-corrected chi connectivity index (χ0v) is 14.0. The summed E-state index contributed by atoms with van der Waals surface area (Å²) in [6.45, 7) is 4.26. The van der Waals surface area contributed by atoms with Crippen molar-refractivity contribution in [2.24, 2.45) is 0 Å². The Balaban J connectivity index is 1.80. The second kappa shape index (κ2) is 6.42. The van der Waals surface area contributed by atoms with E-state index in [4.69, 9.17) is 9.47 Å². The minimum Gasteiger partial charge on any atom is -0.485 e. The highest BCUT2D eigenvalue weighted by Gasteiger charge is 2.43. The molecule has 1 heterocycles. The predicted molar refractivity (Wildman–Crippen MR) is 90.6 cm³/mol. The summed E-state index contributed by atoms with van der Waals surface area (Å²) in [6.07, 6.45) is -1.21. The average molecular weight is 331 g/mol. The molecule has 128 valence electrons. The topological polar surface area (TPSA) is 50.7 Å². The molecule has 0 saturated carbocycles. The van der Waals surface area contributed by atoms with Crippen LogP contribution in [0.4, 0.5) is 10.1 Å². The number of aliphatic hydroxyl groups is 1. The first-order valence-corrected chi connectivity index (χ1v) is 7.93. The number of benzene rings is 2. The SMILES string of the molecule is CO[C@@H]1c2cc(NCc3ccc(F)cc3)ccc2OC(C)(C)[C@H]1O.